The number of aromatic nitrogens is 1. The van der Waals surface area contributed by atoms with E-state index in [4.69, 9.17) is 4.74 Å². The molecule has 1 aromatic heterocycles. The lowest BCUT2D eigenvalue weighted by Gasteiger charge is -2.27. The predicted octanol–water partition coefficient (Wildman–Crippen LogP) is 2.82. The number of hydrogen-bond acceptors (Lipinski definition) is 6. The summed E-state index contributed by atoms with van der Waals surface area (Å²) in [6.07, 6.45) is -0.454. The van der Waals surface area contributed by atoms with Crippen molar-refractivity contribution in [1.29, 1.82) is 0 Å². The molecular formula is C16H28N2O4S2. The first-order valence-electron chi connectivity index (χ1n) is 8.04. The van der Waals surface area contributed by atoms with Crippen molar-refractivity contribution in [3.05, 3.63) is 16.1 Å². The molecule has 138 valence electrons. The zero-order chi connectivity index (χ0) is 18.5. The van der Waals surface area contributed by atoms with Gasteiger partial charge in [0.15, 0.2) is 5.69 Å². The summed E-state index contributed by atoms with van der Waals surface area (Å²) < 4.78 is 19.9. The summed E-state index contributed by atoms with van der Waals surface area (Å²) in [6, 6.07) is -0.130. The van der Waals surface area contributed by atoms with Crippen LogP contribution in [0.5, 0.6) is 0 Å². The molecule has 1 heterocycles. The number of aliphatic hydroxyl groups excluding tert-OH is 1. The van der Waals surface area contributed by atoms with Gasteiger partial charge in [-0.3, -0.25) is 0 Å². The van der Waals surface area contributed by atoms with Crippen LogP contribution in [0.4, 0.5) is 0 Å². The third-order valence-electron chi connectivity index (χ3n) is 3.39. The molecule has 0 saturated carbocycles. The number of esters is 1. The second-order valence-corrected chi connectivity index (χ2v) is 9.78. The minimum absolute atomic E-state index is 0.130. The largest absolute Gasteiger partial charge is 0.461 e. The predicted molar refractivity (Wildman–Crippen MR) is 97.3 cm³/mol. The molecule has 24 heavy (non-hydrogen) atoms. The molecule has 0 saturated heterocycles. The van der Waals surface area contributed by atoms with Crippen LogP contribution in [0.25, 0.3) is 0 Å². The SMILES string of the molecule is CCOC(=O)c1csc([C@H](O)C[C@@H](N[S@@](=O)C(C)(C)C)C(C)C)n1. The first kappa shape index (κ1) is 21.2. The van der Waals surface area contributed by atoms with Crippen molar-refractivity contribution in [2.75, 3.05) is 6.61 Å². The Morgan fingerprint density at radius 2 is 2.08 bits per heavy atom. The van der Waals surface area contributed by atoms with Crippen molar-refractivity contribution in [3.63, 3.8) is 0 Å². The van der Waals surface area contributed by atoms with Gasteiger partial charge in [0, 0.05) is 11.4 Å². The third-order valence-corrected chi connectivity index (χ3v) is 5.96. The van der Waals surface area contributed by atoms with Crippen LogP contribution >= 0.6 is 11.3 Å². The Balaban J connectivity index is 2.77. The van der Waals surface area contributed by atoms with Crippen LogP contribution < -0.4 is 4.72 Å². The smallest absolute Gasteiger partial charge is 0.357 e. The first-order valence-corrected chi connectivity index (χ1v) is 10.1. The van der Waals surface area contributed by atoms with Crippen LogP contribution in [0, 0.1) is 5.92 Å². The Bertz CT molecular complexity index is 567. The molecule has 0 aliphatic rings. The number of carbonyl (C=O) groups excluding carboxylic acids is 1. The maximum absolute atomic E-state index is 12.3. The Kier molecular flexibility index (Phi) is 7.98. The Morgan fingerprint density at radius 1 is 1.46 bits per heavy atom. The molecule has 1 aromatic rings. The van der Waals surface area contributed by atoms with E-state index in [0.29, 0.717) is 11.4 Å². The quantitative estimate of drug-likeness (QED) is 0.681. The Morgan fingerprint density at radius 3 is 2.58 bits per heavy atom. The summed E-state index contributed by atoms with van der Waals surface area (Å²) in [5, 5.41) is 12.5. The van der Waals surface area contributed by atoms with Gasteiger partial charge in [0.2, 0.25) is 0 Å². The average molecular weight is 377 g/mol. The second-order valence-electron chi connectivity index (χ2n) is 6.89. The van der Waals surface area contributed by atoms with Gasteiger partial charge in [0.1, 0.15) is 11.1 Å². The fourth-order valence-corrected chi connectivity index (χ4v) is 3.63. The van der Waals surface area contributed by atoms with Crippen molar-refractivity contribution in [1.82, 2.24) is 9.71 Å². The highest BCUT2D eigenvalue weighted by molar-refractivity contribution is 7.84. The first-order chi connectivity index (χ1) is 11.1. The minimum Gasteiger partial charge on any atom is -0.461 e. The van der Waals surface area contributed by atoms with Crippen LogP contribution in [-0.4, -0.2) is 37.7 Å². The molecule has 6 nitrogen and oxygen atoms in total. The van der Waals surface area contributed by atoms with Gasteiger partial charge in [-0.25, -0.2) is 18.7 Å². The molecule has 0 fully saturated rings. The van der Waals surface area contributed by atoms with E-state index in [2.05, 4.69) is 9.71 Å². The number of carbonyl (C=O) groups is 1. The van der Waals surface area contributed by atoms with E-state index in [0.717, 1.165) is 0 Å². The molecule has 3 atom stereocenters. The van der Waals surface area contributed by atoms with Crippen molar-refractivity contribution in [2.24, 2.45) is 5.92 Å². The highest BCUT2D eigenvalue weighted by Gasteiger charge is 2.27. The van der Waals surface area contributed by atoms with E-state index in [-0.39, 0.29) is 29.0 Å². The molecule has 0 unspecified atom stereocenters. The van der Waals surface area contributed by atoms with Crippen molar-refractivity contribution in [3.8, 4) is 0 Å². The summed E-state index contributed by atoms with van der Waals surface area (Å²) in [6.45, 7) is 11.7. The van der Waals surface area contributed by atoms with Gasteiger partial charge in [-0.1, -0.05) is 13.8 Å². The van der Waals surface area contributed by atoms with Gasteiger partial charge in [-0.2, -0.15) is 0 Å². The molecule has 0 aliphatic heterocycles. The summed E-state index contributed by atoms with van der Waals surface area (Å²) in [5.41, 5.74) is 0.211. The van der Waals surface area contributed by atoms with E-state index in [1.54, 1.807) is 12.3 Å². The average Bonchev–Trinajstić information content (AvgIpc) is 2.95. The summed E-state index contributed by atoms with van der Waals surface area (Å²) in [5.74, 6) is -0.296. The molecule has 0 aliphatic carbocycles. The molecule has 0 radical (unpaired) electrons. The fraction of sp³-hybridized carbons (Fsp3) is 0.750. The number of thiazole rings is 1. The summed E-state index contributed by atoms with van der Waals surface area (Å²) in [7, 11) is -1.22. The normalized spacial score (nSPS) is 16.0. The molecule has 8 heteroatoms. The lowest BCUT2D eigenvalue weighted by Crippen LogP contribution is -2.43. The molecule has 0 aromatic carbocycles. The van der Waals surface area contributed by atoms with Crippen molar-refractivity contribution < 1.29 is 18.8 Å². The number of nitrogens with zero attached hydrogens (tertiary/aromatic N) is 1. The molecule has 1 rings (SSSR count). The molecular weight excluding hydrogens is 348 g/mol. The lowest BCUT2D eigenvalue weighted by atomic mass is 9.99. The topological polar surface area (TPSA) is 88.5 Å². The fourth-order valence-electron chi connectivity index (χ4n) is 1.85. The van der Waals surface area contributed by atoms with Gasteiger partial charge in [0.25, 0.3) is 0 Å². The van der Waals surface area contributed by atoms with Crippen LogP contribution in [0.15, 0.2) is 5.38 Å². The monoisotopic (exact) mass is 376 g/mol. The van der Waals surface area contributed by atoms with E-state index in [1.165, 1.54) is 11.3 Å². The van der Waals surface area contributed by atoms with E-state index < -0.39 is 23.1 Å². The number of rotatable bonds is 8. The number of aliphatic hydroxyl groups is 1. The zero-order valence-corrected chi connectivity index (χ0v) is 16.8. The summed E-state index contributed by atoms with van der Waals surface area (Å²) in [4.78, 5) is 15.8. The van der Waals surface area contributed by atoms with Gasteiger partial charge < -0.3 is 9.84 Å². The highest BCUT2D eigenvalue weighted by atomic mass is 32.2. The van der Waals surface area contributed by atoms with Gasteiger partial charge in [-0.05, 0) is 40.0 Å². The van der Waals surface area contributed by atoms with E-state index in [9.17, 15) is 14.1 Å². The van der Waals surface area contributed by atoms with E-state index in [1.807, 2.05) is 34.6 Å². The highest BCUT2D eigenvalue weighted by Crippen LogP contribution is 2.25. The molecule has 0 spiro atoms. The van der Waals surface area contributed by atoms with Crippen molar-refractivity contribution in [2.45, 2.75) is 64.9 Å². The maximum atomic E-state index is 12.3. The van der Waals surface area contributed by atoms with Gasteiger partial charge in [0.05, 0.1) is 22.3 Å². The van der Waals surface area contributed by atoms with Crippen LogP contribution in [-0.2, 0) is 15.7 Å². The number of hydrogen-bond donors (Lipinski definition) is 2. The Labute approximate surface area is 150 Å². The minimum atomic E-state index is -1.22. The lowest BCUT2D eigenvalue weighted by molar-refractivity contribution is 0.0519. The maximum Gasteiger partial charge on any atom is 0.357 e. The van der Waals surface area contributed by atoms with Crippen LogP contribution in [0.3, 0.4) is 0 Å². The van der Waals surface area contributed by atoms with E-state index >= 15 is 0 Å². The molecule has 2 N–H and O–H groups in total. The number of nitrogens with one attached hydrogen (secondary N) is 1. The van der Waals surface area contributed by atoms with Gasteiger partial charge >= 0.3 is 5.97 Å². The molecule has 0 amide bonds. The van der Waals surface area contributed by atoms with Crippen LogP contribution in [0.2, 0.25) is 0 Å². The van der Waals surface area contributed by atoms with Crippen molar-refractivity contribution >= 4 is 28.3 Å². The number of ether oxygens (including phenoxy) is 1. The molecule has 0 bridgehead atoms. The zero-order valence-electron chi connectivity index (χ0n) is 15.2. The Hall–Kier alpha value is -0.830. The summed E-state index contributed by atoms with van der Waals surface area (Å²) >= 11 is 1.22. The second kappa shape index (κ2) is 9.03. The third kappa shape index (κ3) is 6.23. The van der Waals surface area contributed by atoms with Crippen LogP contribution in [0.1, 0.15) is 69.6 Å². The standard InChI is InChI=1S/C16H28N2O4S2/c1-7-22-15(20)12-9-23-14(17-12)13(19)8-11(10(2)3)18-24(21)16(4,5)6/h9-11,13,18-19H,7-8H2,1-6H3/t11-,13-,24+/m1/s1. The van der Waals surface area contributed by atoms with Gasteiger partial charge in [-0.15, -0.1) is 11.3 Å².